The predicted molar refractivity (Wildman–Crippen MR) is 123 cm³/mol. The molecule has 0 unspecified atom stereocenters. The Kier molecular flexibility index (Phi) is 8.20. The van der Waals surface area contributed by atoms with Crippen molar-refractivity contribution in [1.82, 2.24) is 14.8 Å². The lowest BCUT2D eigenvalue weighted by molar-refractivity contribution is -0.387. The number of nitrogens with zero attached hydrogens (tertiary/aromatic N) is 4. The Bertz CT molecular complexity index is 1060. The van der Waals surface area contributed by atoms with Crippen molar-refractivity contribution in [3.05, 3.63) is 70.8 Å². The van der Waals surface area contributed by atoms with Crippen LogP contribution in [-0.2, 0) is 6.54 Å². The maximum atomic E-state index is 12.7. The van der Waals surface area contributed by atoms with Gasteiger partial charge in [-0.05, 0) is 42.4 Å². The molecule has 0 fully saturated rings. The van der Waals surface area contributed by atoms with Crippen molar-refractivity contribution in [2.75, 3.05) is 17.7 Å². The Morgan fingerprint density at radius 1 is 1.28 bits per heavy atom. The summed E-state index contributed by atoms with van der Waals surface area (Å²) in [4.78, 5) is 28.2. The number of ether oxygens (including phenoxy) is 1. The Labute approximate surface area is 190 Å². The topological polar surface area (TPSA) is 112 Å². The molecule has 0 aliphatic rings. The van der Waals surface area contributed by atoms with E-state index in [1.165, 1.54) is 24.2 Å². The van der Waals surface area contributed by atoms with E-state index >= 15 is 0 Å². The summed E-state index contributed by atoms with van der Waals surface area (Å²) in [5.41, 5.74) is 0.699. The molecule has 2 aromatic carbocycles. The first kappa shape index (κ1) is 23.3. The highest BCUT2D eigenvalue weighted by atomic mass is 32.2. The normalized spacial score (nSPS) is 10.8. The summed E-state index contributed by atoms with van der Waals surface area (Å²) in [6.45, 7) is 5.16. The molecule has 168 valence electrons. The summed E-state index contributed by atoms with van der Waals surface area (Å²) >= 11 is 1.44. The second-order valence-corrected chi connectivity index (χ2v) is 8.60. The van der Waals surface area contributed by atoms with E-state index in [-0.39, 0.29) is 11.3 Å². The number of carbonyl (C=O) groups is 1. The summed E-state index contributed by atoms with van der Waals surface area (Å²) in [7, 11) is 0. The van der Waals surface area contributed by atoms with Gasteiger partial charge in [-0.25, -0.2) is 9.67 Å². The van der Waals surface area contributed by atoms with Crippen molar-refractivity contribution in [2.45, 2.75) is 31.7 Å². The predicted octanol–water partition coefficient (Wildman–Crippen LogP) is 4.66. The van der Waals surface area contributed by atoms with Crippen LogP contribution < -0.4 is 10.1 Å². The number of anilines is 1. The van der Waals surface area contributed by atoms with Crippen LogP contribution in [0.5, 0.6) is 5.75 Å². The quantitative estimate of drug-likeness (QED) is 0.254. The molecule has 0 aliphatic heterocycles. The number of nitrogens with one attached hydrogen (secondary N) is 1. The third-order valence-electron chi connectivity index (χ3n) is 4.52. The van der Waals surface area contributed by atoms with Gasteiger partial charge in [-0.15, -0.1) is 11.8 Å². The Morgan fingerprint density at radius 2 is 2.12 bits per heavy atom. The number of hydrogen-bond acceptors (Lipinski definition) is 7. The Hall–Kier alpha value is -3.40. The number of benzene rings is 2. The number of amides is 1. The van der Waals surface area contributed by atoms with Gasteiger partial charge < -0.3 is 10.1 Å². The van der Waals surface area contributed by atoms with Gasteiger partial charge >= 0.3 is 0 Å². The minimum Gasteiger partial charge on any atom is -0.492 e. The van der Waals surface area contributed by atoms with Gasteiger partial charge in [0.05, 0.1) is 16.4 Å². The first-order chi connectivity index (χ1) is 15.4. The van der Waals surface area contributed by atoms with E-state index < -0.39 is 10.8 Å². The molecule has 1 heterocycles. The van der Waals surface area contributed by atoms with Crippen molar-refractivity contribution in [2.24, 2.45) is 5.92 Å². The molecule has 9 nitrogen and oxygen atoms in total. The fourth-order valence-electron chi connectivity index (χ4n) is 2.80. The minimum atomic E-state index is -0.446. The number of nitro benzene ring substituents is 1. The summed E-state index contributed by atoms with van der Waals surface area (Å²) in [5, 5.41) is 18.3. The van der Waals surface area contributed by atoms with E-state index in [4.69, 9.17) is 4.74 Å². The van der Waals surface area contributed by atoms with Gasteiger partial charge in [-0.3, -0.25) is 14.9 Å². The number of aromatic nitrogens is 3. The molecule has 0 atom stereocenters. The van der Waals surface area contributed by atoms with Crippen molar-refractivity contribution in [3.8, 4) is 5.75 Å². The summed E-state index contributed by atoms with van der Waals surface area (Å²) in [6, 6.07) is 11.5. The van der Waals surface area contributed by atoms with E-state index in [1.807, 2.05) is 0 Å². The van der Waals surface area contributed by atoms with E-state index in [0.29, 0.717) is 35.4 Å². The van der Waals surface area contributed by atoms with Crippen LogP contribution in [0.4, 0.5) is 11.4 Å². The average molecular weight is 456 g/mol. The minimum absolute atomic E-state index is 0.0587. The van der Waals surface area contributed by atoms with Crippen LogP contribution >= 0.6 is 11.8 Å². The molecule has 0 radical (unpaired) electrons. The number of carbonyl (C=O) groups excluding carboxylic acids is 1. The average Bonchev–Trinajstić information content (AvgIpc) is 3.27. The molecule has 3 rings (SSSR count). The largest absolute Gasteiger partial charge is 0.492 e. The fraction of sp³-hybridized carbons (Fsp3) is 0.318. The molecular weight excluding hydrogens is 430 g/mol. The molecular formula is C22H25N5O4S. The van der Waals surface area contributed by atoms with Crippen LogP contribution in [0, 0.1) is 16.0 Å². The van der Waals surface area contributed by atoms with Crippen LogP contribution in [0.2, 0.25) is 0 Å². The standard InChI is InChI=1S/C22H25N5O4S/c1-16(2)8-11-32-21-7-6-17(12-20(21)27(29)30)22(28)25-18-4-3-5-19(13-18)31-10-9-26-15-23-14-24-26/h3-7,12-16H,8-11H2,1-2H3,(H,25,28). The summed E-state index contributed by atoms with van der Waals surface area (Å²) < 4.78 is 7.35. The van der Waals surface area contributed by atoms with Crippen LogP contribution in [0.15, 0.2) is 60.0 Å². The van der Waals surface area contributed by atoms with Crippen LogP contribution in [-0.4, -0.2) is 38.0 Å². The Morgan fingerprint density at radius 3 is 2.84 bits per heavy atom. The zero-order valence-electron chi connectivity index (χ0n) is 17.9. The van der Waals surface area contributed by atoms with Crippen molar-refractivity contribution < 1.29 is 14.5 Å². The van der Waals surface area contributed by atoms with E-state index in [9.17, 15) is 14.9 Å². The highest BCUT2D eigenvalue weighted by molar-refractivity contribution is 7.99. The highest BCUT2D eigenvalue weighted by Crippen LogP contribution is 2.31. The summed E-state index contributed by atoms with van der Waals surface area (Å²) in [5.74, 6) is 1.47. The SMILES string of the molecule is CC(C)CCSc1ccc(C(=O)Nc2cccc(OCCn3cncn3)c2)cc1[N+](=O)[O-]. The van der Waals surface area contributed by atoms with Gasteiger partial charge in [0.25, 0.3) is 11.6 Å². The maximum absolute atomic E-state index is 12.7. The molecule has 32 heavy (non-hydrogen) atoms. The zero-order chi connectivity index (χ0) is 22.9. The third kappa shape index (κ3) is 6.81. The molecule has 0 saturated carbocycles. The van der Waals surface area contributed by atoms with E-state index in [1.54, 1.807) is 47.4 Å². The smallest absolute Gasteiger partial charge is 0.283 e. The highest BCUT2D eigenvalue weighted by Gasteiger charge is 2.18. The van der Waals surface area contributed by atoms with Gasteiger partial charge in [-0.2, -0.15) is 5.10 Å². The van der Waals surface area contributed by atoms with E-state index in [2.05, 4.69) is 29.2 Å². The summed E-state index contributed by atoms with van der Waals surface area (Å²) in [6.07, 6.45) is 4.02. The molecule has 0 bridgehead atoms. The van der Waals surface area contributed by atoms with Crippen LogP contribution in [0.25, 0.3) is 0 Å². The van der Waals surface area contributed by atoms with Gasteiger partial charge in [-0.1, -0.05) is 19.9 Å². The number of thioether (sulfide) groups is 1. The second kappa shape index (κ2) is 11.3. The lowest BCUT2D eigenvalue weighted by Gasteiger charge is -2.10. The molecule has 1 aromatic heterocycles. The third-order valence-corrected chi connectivity index (χ3v) is 5.61. The molecule has 10 heteroatoms. The van der Waals surface area contributed by atoms with Gasteiger partial charge in [0, 0.05) is 23.4 Å². The molecule has 0 saturated heterocycles. The molecule has 0 aliphatic carbocycles. The number of hydrogen-bond donors (Lipinski definition) is 1. The van der Waals surface area contributed by atoms with Crippen LogP contribution in [0.3, 0.4) is 0 Å². The molecule has 1 N–H and O–H groups in total. The van der Waals surface area contributed by atoms with Crippen molar-refractivity contribution >= 4 is 29.0 Å². The van der Waals surface area contributed by atoms with E-state index in [0.717, 1.165) is 12.2 Å². The first-order valence-corrected chi connectivity index (χ1v) is 11.2. The lowest BCUT2D eigenvalue weighted by atomic mass is 10.2. The molecule has 3 aromatic rings. The van der Waals surface area contributed by atoms with Gasteiger partial charge in [0.2, 0.25) is 0 Å². The van der Waals surface area contributed by atoms with Crippen molar-refractivity contribution in [1.29, 1.82) is 0 Å². The second-order valence-electron chi connectivity index (χ2n) is 7.46. The Balaban J connectivity index is 1.63. The maximum Gasteiger partial charge on any atom is 0.283 e. The first-order valence-electron chi connectivity index (χ1n) is 10.2. The van der Waals surface area contributed by atoms with Crippen molar-refractivity contribution in [3.63, 3.8) is 0 Å². The fourth-order valence-corrected chi connectivity index (χ4v) is 4.05. The lowest BCUT2D eigenvalue weighted by Crippen LogP contribution is -2.13. The molecule has 1 amide bonds. The number of rotatable bonds is 11. The molecule has 0 spiro atoms. The zero-order valence-corrected chi connectivity index (χ0v) is 18.7. The number of nitro groups is 1. The monoisotopic (exact) mass is 455 g/mol. The van der Waals surface area contributed by atoms with Gasteiger partial charge in [0.15, 0.2) is 0 Å². The van der Waals surface area contributed by atoms with Crippen LogP contribution in [0.1, 0.15) is 30.6 Å². The van der Waals surface area contributed by atoms with Gasteiger partial charge in [0.1, 0.15) is 25.0 Å².